The third kappa shape index (κ3) is 4.00. The summed E-state index contributed by atoms with van der Waals surface area (Å²) < 4.78 is 46.1. The minimum Gasteiger partial charge on any atom is -0.493 e. The van der Waals surface area contributed by atoms with Crippen molar-refractivity contribution in [1.29, 1.82) is 0 Å². The fourth-order valence-electron chi connectivity index (χ4n) is 2.85. The Bertz CT molecular complexity index is 996. The number of amides is 1. The second-order valence-corrected chi connectivity index (χ2v) is 5.99. The van der Waals surface area contributed by atoms with Crippen LogP contribution in [0.4, 0.5) is 18.9 Å². The van der Waals surface area contributed by atoms with E-state index in [1.165, 1.54) is 7.05 Å². The first kappa shape index (κ1) is 19.5. The van der Waals surface area contributed by atoms with Crippen LogP contribution in [0, 0.1) is 0 Å². The Hall–Kier alpha value is -3.29. The number of ether oxygens (including phenoxy) is 1. The molecule has 0 unspecified atom stereocenters. The van der Waals surface area contributed by atoms with E-state index in [2.05, 4.69) is 10.4 Å². The van der Waals surface area contributed by atoms with E-state index in [0.717, 1.165) is 16.4 Å². The molecule has 0 radical (unpaired) electrons. The van der Waals surface area contributed by atoms with Gasteiger partial charge in [-0.15, -0.1) is 0 Å². The fraction of sp³-hybridized carbons (Fsp3) is 0.200. The molecule has 0 aliphatic heterocycles. The van der Waals surface area contributed by atoms with Gasteiger partial charge in [0.2, 0.25) is 0 Å². The number of carbonyl (C=O) groups is 1. The van der Waals surface area contributed by atoms with Crippen LogP contribution in [0.5, 0.6) is 5.75 Å². The van der Waals surface area contributed by atoms with Gasteiger partial charge >= 0.3 is 6.18 Å². The number of nitrogens with one attached hydrogen (secondary N) is 1. The number of aryl methyl sites for hydroxylation is 1. The van der Waals surface area contributed by atoms with Gasteiger partial charge in [0.15, 0.2) is 5.69 Å². The molecule has 5 nitrogen and oxygen atoms in total. The van der Waals surface area contributed by atoms with Crippen molar-refractivity contribution in [3.63, 3.8) is 0 Å². The van der Waals surface area contributed by atoms with Crippen molar-refractivity contribution in [2.45, 2.75) is 13.1 Å². The fourth-order valence-corrected chi connectivity index (χ4v) is 2.85. The highest BCUT2D eigenvalue weighted by atomic mass is 19.4. The number of alkyl halides is 3. The normalized spacial score (nSPS) is 11.3. The van der Waals surface area contributed by atoms with Crippen LogP contribution in [0.3, 0.4) is 0 Å². The van der Waals surface area contributed by atoms with Gasteiger partial charge in [-0.25, -0.2) is 0 Å². The van der Waals surface area contributed by atoms with Crippen LogP contribution in [0.15, 0.2) is 54.7 Å². The highest BCUT2D eigenvalue weighted by molar-refractivity contribution is 6.07. The average Bonchev–Trinajstić information content (AvgIpc) is 3.06. The summed E-state index contributed by atoms with van der Waals surface area (Å²) in [7, 11) is 1.33. The lowest BCUT2D eigenvalue weighted by Crippen LogP contribution is -2.18. The zero-order chi connectivity index (χ0) is 20.3. The van der Waals surface area contributed by atoms with E-state index < -0.39 is 23.3 Å². The lowest BCUT2D eigenvalue weighted by Gasteiger charge is -2.15. The van der Waals surface area contributed by atoms with Gasteiger partial charge in [0.1, 0.15) is 5.75 Å². The minimum absolute atomic E-state index is 0.372. The van der Waals surface area contributed by atoms with Gasteiger partial charge in [-0.05, 0) is 19.1 Å². The quantitative estimate of drug-likeness (QED) is 0.685. The molecule has 146 valence electrons. The number of carbonyl (C=O) groups excluding carboxylic acids is 1. The molecule has 0 bridgehead atoms. The van der Waals surface area contributed by atoms with Crippen molar-refractivity contribution in [2.75, 3.05) is 11.9 Å². The van der Waals surface area contributed by atoms with Gasteiger partial charge in [-0.2, -0.15) is 18.3 Å². The zero-order valence-corrected chi connectivity index (χ0v) is 15.2. The van der Waals surface area contributed by atoms with Crippen molar-refractivity contribution < 1.29 is 22.7 Å². The van der Waals surface area contributed by atoms with E-state index in [1.54, 1.807) is 30.3 Å². The van der Waals surface area contributed by atoms with E-state index in [4.69, 9.17) is 4.74 Å². The number of aromatic nitrogens is 2. The van der Waals surface area contributed by atoms with Crippen molar-refractivity contribution in [3.05, 3.63) is 66.0 Å². The number of nitrogens with zero attached hydrogens (tertiary/aromatic N) is 2. The van der Waals surface area contributed by atoms with Gasteiger partial charge < -0.3 is 10.1 Å². The monoisotopic (exact) mass is 389 g/mol. The Morgan fingerprint density at radius 3 is 2.43 bits per heavy atom. The minimum atomic E-state index is -4.73. The molecule has 28 heavy (non-hydrogen) atoms. The van der Waals surface area contributed by atoms with Gasteiger partial charge in [0, 0.05) is 30.1 Å². The topological polar surface area (TPSA) is 56.1 Å². The second kappa shape index (κ2) is 7.75. The molecule has 0 aliphatic carbocycles. The van der Waals surface area contributed by atoms with E-state index in [-0.39, 0.29) is 0 Å². The predicted octanol–water partition coefficient (Wildman–Crippen LogP) is 4.76. The van der Waals surface area contributed by atoms with E-state index >= 15 is 0 Å². The smallest absolute Gasteiger partial charge is 0.435 e. The number of hydrogen-bond donors (Lipinski definition) is 1. The molecule has 0 saturated carbocycles. The van der Waals surface area contributed by atoms with Crippen LogP contribution in [-0.4, -0.2) is 22.3 Å². The molecule has 3 rings (SSSR count). The first-order chi connectivity index (χ1) is 13.3. The summed E-state index contributed by atoms with van der Waals surface area (Å²) in [5.74, 6) is -0.272. The van der Waals surface area contributed by atoms with Crippen LogP contribution in [0.1, 0.15) is 23.0 Å². The summed E-state index contributed by atoms with van der Waals surface area (Å²) in [5.41, 5.74) is -0.0287. The van der Waals surface area contributed by atoms with Gasteiger partial charge in [-0.3, -0.25) is 9.48 Å². The molecule has 1 aromatic heterocycles. The summed E-state index contributed by atoms with van der Waals surface area (Å²) in [6.07, 6.45) is -3.68. The molecule has 2 aromatic carbocycles. The van der Waals surface area contributed by atoms with E-state index in [9.17, 15) is 18.0 Å². The molecule has 0 fully saturated rings. The number of hydrogen-bond acceptors (Lipinski definition) is 3. The Kier molecular flexibility index (Phi) is 5.39. The van der Waals surface area contributed by atoms with Crippen LogP contribution in [0.2, 0.25) is 0 Å². The lowest BCUT2D eigenvalue weighted by atomic mass is 10.0. The van der Waals surface area contributed by atoms with Crippen molar-refractivity contribution in [1.82, 2.24) is 9.78 Å². The van der Waals surface area contributed by atoms with Crippen molar-refractivity contribution in [3.8, 4) is 16.9 Å². The van der Waals surface area contributed by atoms with Gasteiger partial charge in [0.05, 0.1) is 12.2 Å². The van der Waals surface area contributed by atoms with Crippen molar-refractivity contribution >= 4 is 11.6 Å². The summed E-state index contributed by atoms with van der Waals surface area (Å²) in [5, 5.41) is 5.95. The average molecular weight is 389 g/mol. The molecule has 1 N–H and O–H groups in total. The lowest BCUT2D eigenvalue weighted by molar-refractivity contribution is -0.141. The number of anilines is 1. The molecule has 0 spiro atoms. The Morgan fingerprint density at radius 2 is 1.75 bits per heavy atom. The number of para-hydroxylation sites is 2. The van der Waals surface area contributed by atoms with Crippen LogP contribution in [0.25, 0.3) is 11.1 Å². The number of halogens is 3. The summed E-state index contributed by atoms with van der Waals surface area (Å²) in [6, 6.07) is 14.1. The first-order valence-corrected chi connectivity index (χ1v) is 8.54. The van der Waals surface area contributed by atoms with Crippen LogP contribution < -0.4 is 10.1 Å². The van der Waals surface area contributed by atoms with Crippen molar-refractivity contribution in [2.24, 2.45) is 7.05 Å². The summed E-state index contributed by atoms with van der Waals surface area (Å²) in [6.45, 7) is 2.31. The third-order valence-corrected chi connectivity index (χ3v) is 3.99. The van der Waals surface area contributed by atoms with E-state index in [0.29, 0.717) is 23.6 Å². The Morgan fingerprint density at radius 1 is 1.11 bits per heavy atom. The van der Waals surface area contributed by atoms with Gasteiger partial charge in [0.25, 0.3) is 5.91 Å². The SMILES string of the molecule is CCOc1ccccc1-c1ccccc1NC(=O)c1cn(C)nc1C(F)(F)F. The maximum absolute atomic E-state index is 13.2. The standard InChI is InChI=1S/C20H18F3N3O2/c1-3-28-17-11-7-5-9-14(17)13-8-4-6-10-16(13)24-19(27)15-12-26(2)25-18(15)20(21,22)23/h4-12H,3H2,1-2H3,(H,24,27). The molecule has 0 aliphatic rings. The molecule has 1 amide bonds. The second-order valence-electron chi connectivity index (χ2n) is 5.99. The maximum atomic E-state index is 13.2. The number of rotatable bonds is 5. The predicted molar refractivity (Wildman–Crippen MR) is 99.2 cm³/mol. The molecular formula is C20H18F3N3O2. The number of benzene rings is 2. The zero-order valence-electron chi connectivity index (χ0n) is 15.2. The Balaban J connectivity index is 1.99. The highest BCUT2D eigenvalue weighted by Crippen LogP contribution is 2.36. The molecule has 3 aromatic rings. The largest absolute Gasteiger partial charge is 0.493 e. The van der Waals surface area contributed by atoms with Crippen LogP contribution >= 0.6 is 0 Å². The molecule has 0 atom stereocenters. The first-order valence-electron chi connectivity index (χ1n) is 8.54. The maximum Gasteiger partial charge on any atom is 0.435 e. The molecular weight excluding hydrogens is 371 g/mol. The van der Waals surface area contributed by atoms with Crippen LogP contribution in [-0.2, 0) is 13.2 Å². The molecule has 8 heteroatoms. The summed E-state index contributed by atoms with van der Waals surface area (Å²) in [4.78, 5) is 12.6. The Labute approximate surface area is 159 Å². The third-order valence-electron chi connectivity index (χ3n) is 3.99. The van der Waals surface area contributed by atoms with E-state index in [1.807, 2.05) is 25.1 Å². The summed E-state index contributed by atoms with van der Waals surface area (Å²) >= 11 is 0. The molecule has 0 saturated heterocycles. The molecule has 1 heterocycles. The highest BCUT2D eigenvalue weighted by Gasteiger charge is 2.39. The van der Waals surface area contributed by atoms with Gasteiger partial charge in [-0.1, -0.05) is 36.4 Å².